The molecule has 3 rings (SSSR count). The van der Waals surface area contributed by atoms with Gasteiger partial charge in [-0.25, -0.2) is 0 Å². The molecule has 24 heavy (non-hydrogen) atoms. The number of ketones is 1. The van der Waals surface area contributed by atoms with Crippen LogP contribution in [0.25, 0.3) is 0 Å². The zero-order chi connectivity index (χ0) is 16.4. The Hall–Kier alpha value is -2.74. The van der Waals surface area contributed by atoms with E-state index in [9.17, 15) is 19.7 Å². The van der Waals surface area contributed by atoms with Gasteiger partial charge in [0.1, 0.15) is 0 Å². The molecule has 0 atom stereocenters. The van der Waals surface area contributed by atoms with Crippen LogP contribution in [0.3, 0.4) is 0 Å². The number of rotatable bonds is 4. The van der Waals surface area contributed by atoms with Gasteiger partial charge in [0.15, 0.2) is 0 Å². The third-order valence-corrected chi connectivity index (χ3v) is 3.63. The van der Waals surface area contributed by atoms with Gasteiger partial charge in [0, 0.05) is 30.8 Å². The molecule has 0 fully saturated rings. The number of benzene rings is 2. The van der Waals surface area contributed by atoms with E-state index >= 15 is 0 Å². The average Bonchev–Trinajstić information content (AvgIpc) is 2.54. The van der Waals surface area contributed by atoms with Crippen LogP contribution in [0.15, 0.2) is 42.5 Å². The number of fused-ring (bicyclic) bond motifs is 1. The molecular weight excluding hydrogens is 378 g/mol. The molecular formula is C16H14BrN3O4. The number of Topliss-reactive ketones (excluding diaryl/α,β-unsaturated/α-hetero) is 1. The lowest BCUT2D eigenvalue weighted by atomic mass is 9.95. The van der Waals surface area contributed by atoms with Gasteiger partial charge in [-0.1, -0.05) is 18.2 Å². The molecule has 0 saturated carbocycles. The summed E-state index contributed by atoms with van der Waals surface area (Å²) in [5, 5.41) is 16.6. The number of non-ortho nitro benzene ring substituents is 1. The topological polar surface area (TPSA) is 101 Å². The summed E-state index contributed by atoms with van der Waals surface area (Å²) in [5.41, 5.74) is 2.30. The minimum Gasteiger partial charge on any atom is -0.381 e. The number of hydrogen-bond acceptors (Lipinski definition) is 5. The predicted octanol–water partition coefficient (Wildman–Crippen LogP) is 2.85. The third-order valence-electron chi connectivity index (χ3n) is 3.63. The van der Waals surface area contributed by atoms with Crippen molar-refractivity contribution in [1.82, 2.24) is 0 Å². The van der Waals surface area contributed by atoms with Crippen molar-refractivity contribution in [2.45, 2.75) is 13.0 Å². The molecule has 0 spiro atoms. The van der Waals surface area contributed by atoms with Crippen LogP contribution >= 0.6 is 17.0 Å². The van der Waals surface area contributed by atoms with Gasteiger partial charge in [-0.2, -0.15) is 0 Å². The van der Waals surface area contributed by atoms with Crippen molar-refractivity contribution in [3.8, 4) is 0 Å². The van der Waals surface area contributed by atoms with E-state index in [1.54, 1.807) is 0 Å². The number of hydrogen-bond donors (Lipinski definition) is 2. The first kappa shape index (κ1) is 17.6. The van der Waals surface area contributed by atoms with Crippen molar-refractivity contribution in [2.24, 2.45) is 0 Å². The Morgan fingerprint density at radius 1 is 1.17 bits per heavy atom. The van der Waals surface area contributed by atoms with Gasteiger partial charge in [-0.15, -0.1) is 17.0 Å². The third kappa shape index (κ3) is 3.60. The first-order valence-corrected chi connectivity index (χ1v) is 6.98. The maximum Gasteiger partial charge on any atom is 0.292 e. The fourth-order valence-electron chi connectivity index (χ4n) is 2.48. The molecule has 0 bridgehead atoms. The van der Waals surface area contributed by atoms with Crippen LogP contribution in [0.4, 0.5) is 17.1 Å². The Morgan fingerprint density at radius 3 is 2.54 bits per heavy atom. The molecule has 2 aromatic carbocycles. The van der Waals surface area contributed by atoms with Crippen LogP contribution in [0.2, 0.25) is 0 Å². The summed E-state index contributed by atoms with van der Waals surface area (Å²) in [6.45, 7) is 0.317. The van der Waals surface area contributed by atoms with E-state index in [1.165, 1.54) is 12.1 Å². The van der Waals surface area contributed by atoms with Crippen molar-refractivity contribution in [3.63, 3.8) is 0 Å². The molecule has 0 saturated heterocycles. The van der Waals surface area contributed by atoms with E-state index < -0.39 is 16.6 Å². The molecule has 8 heteroatoms. The summed E-state index contributed by atoms with van der Waals surface area (Å²) < 4.78 is 0. The van der Waals surface area contributed by atoms with E-state index in [-0.39, 0.29) is 29.1 Å². The van der Waals surface area contributed by atoms with Gasteiger partial charge in [-0.05, 0) is 23.3 Å². The minimum atomic E-state index is -0.736. The zero-order valence-electron chi connectivity index (χ0n) is 12.4. The molecule has 1 aliphatic heterocycles. The molecule has 1 amide bonds. The normalized spacial score (nSPS) is 12.7. The van der Waals surface area contributed by atoms with Crippen LogP contribution in [0, 0.1) is 10.1 Å². The van der Waals surface area contributed by atoms with Crippen molar-refractivity contribution in [1.29, 1.82) is 0 Å². The predicted molar refractivity (Wildman–Crippen MR) is 94.5 cm³/mol. The fraction of sp³-hybridized carbons (Fsp3) is 0.125. The van der Waals surface area contributed by atoms with Crippen LogP contribution in [0.1, 0.15) is 11.1 Å². The zero-order valence-corrected chi connectivity index (χ0v) is 14.2. The lowest BCUT2D eigenvalue weighted by molar-refractivity contribution is -0.384. The van der Waals surface area contributed by atoms with Gasteiger partial charge in [0.05, 0.1) is 10.6 Å². The number of para-hydroxylation sites is 1. The minimum absolute atomic E-state index is 0. The van der Waals surface area contributed by atoms with Gasteiger partial charge < -0.3 is 10.6 Å². The average molecular weight is 392 g/mol. The molecule has 124 valence electrons. The van der Waals surface area contributed by atoms with Crippen LogP contribution in [0.5, 0.6) is 0 Å². The lowest BCUT2D eigenvalue weighted by Crippen LogP contribution is -2.30. The number of carbonyl (C=O) groups excluding carboxylic acids is 2. The Morgan fingerprint density at radius 2 is 1.88 bits per heavy atom. The van der Waals surface area contributed by atoms with Crippen molar-refractivity contribution in [3.05, 3.63) is 63.7 Å². The van der Waals surface area contributed by atoms with E-state index in [4.69, 9.17) is 0 Å². The van der Waals surface area contributed by atoms with Crippen molar-refractivity contribution >= 4 is 45.7 Å². The maximum atomic E-state index is 11.6. The Balaban J connectivity index is 0.00000208. The van der Waals surface area contributed by atoms with Crippen LogP contribution in [-0.4, -0.2) is 16.6 Å². The lowest BCUT2D eigenvalue weighted by Gasteiger charge is -2.19. The van der Waals surface area contributed by atoms with Gasteiger partial charge >= 0.3 is 0 Å². The first-order chi connectivity index (χ1) is 11.0. The molecule has 1 heterocycles. The van der Waals surface area contributed by atoms with Crippen molar-refractivity contribution < 1.29 is 14.5 Å². The number of carbonyl (C=O) groups is 2. The van der Waals surface area contributed by atoms with Gasteiger partial charge in [0.25, 0.3) is 11.6 Å². The highest BCUT2D eigenvalue weighted by Gasteiger charge is 2.27. The Bertz CT molecular complexity index is 808. The number of amides is 1. The number of nitrogens with one attached hydrogen (secondary N) is 2. The number of nitrogens with zero attached hydrogens (tertiary/aromatic N) is 1. The molecule has 2 N–H and O–H groups in total. The quantitative estimate of drug-likeness (QED) is 0.473. The SMILES string of the molecule is Br.O=C1Cc2c(CNc3ccccc3)cc([N+](=O)[O-])cc2NC1=O. The number of anilines is 2. The molecule has 0 radical (unpaired) electrons. The molecule has 7 nitrogen and oxygen atoms in total. The monoisotopic (exact) mass is 391 g/mol. The molecule has 0 aliphatic carbocycles. The molecule has 0 aromatic heterocycles. The van der Waals surface area contributed by atoms with Gasteiger partial charge in [0.2, 0.25) is 5.78 Å². The second kappa shape index (κ2) is 7.22. The largest absolute Gasteiger partial charge is 0.381 e. The summed E-state index contributed by atoms with van der Waals surface area (Å²) in [6.07, 6.45) is -0.0506. The van der Waals surface area contributed by atoms with Crippen LogP contribution < -0.4 is 10.6 Å². The highest BCUT2D eigenvalue weighted by atomic mass is 79.9. The number of halogens is 1. The first-order valence-electron chi connectivity index (χ1n) is 6.98. The second-order valence-electron chi connectivity index (χ2n) is 5.16. The Kier molecular flexibility index (Phi) is 5.30. The number of nitro benzene ring substituents is 1. The number of nitro groups is 1. The standard InChI is InChI=1S/C16H13N3O4.BrH/c20-15-8-13-10(9-17-11-4-2-1-3-5-11)6-12(19(22)23)7-14(13)18-16(15)21;/h1-7,17H,8-9H2,(H,18,21);1H. The highest BCUT2D eigenvalue weighted by Crippen LogP contribution is 2.30. The smallest absolute Gasteiger partial charge is 0.292 e. The van der Waals surface area contributed by atoms with E-state index in [2.05, 4.69) is 10.6 Å². The summed E-state index contributed by atoms with van der Waals surface area (Å²) in [5.74, 6) is -1.28. The summed E-state index contributed by atoms with van der Waals surface area (Å²) in [6, 6.07) is 12.1. The molecule has 2 aromatic rings. The van der Waals surface area contributed by atoms with E-state index in [0.29, 0.717) is 23.4 Å². The van der Waals surface area contributed by atoms with Crippen LogP contribution in [-0.2, 0) is 22.6 Å². The molecule has 1 aliphatic rings. The van der Waals surface area contributed by atoms with E-state index in [1.807, 2.05) is 30.3 Å². The second-order valence-corrected chi connectivity index (χ2v) is 5.16. The molecule has 0 unspecified atom stereocenters. The van der Waals surface area contributed by atoms with E-state index in [0.717, 1.165) is 5.69 Å². The summed E-state index contributed by atoms with van der Waals surface area (Å²) in [7, 11) is 0. The van der Waals surface area contributed by atoms with Crippen molar-refractivity contribution in [2.75, 3.05) is 10.6 Å². The fourth-order valence-corrected chi connectivity index (χ4v) is 2.48. The highest BCUT2D eigenvalue weighted by molar-refractivity contribution is 8.93. The van der Waals surface area contributed by atoms with Gasteiger partial charge in [-0.3, -0.25) is 19.7 Å². The summed E-state index contributed by atoms with van der Waals surface area (Å²) in [4.78, 5) is 33.7. The maximum absolute atomic E-state index is 11.6. The summed E-state index contributed by atoms with van der Waals surface area (Å²) >= 11 is 0. The Labute approximate surface area is 148 Å².